The Balaban J connectivity index is 0.000000181. The number of nitrogens with one attached hydrogen (secondary N) is 1. The molecule has 0 aliphatic carbocycles. The molecule has 1 saturated heterocycles. The van der Waals surface area contributed by atoms with E-state index in [1.807, 2.05) is 32.9 Å². The summed E-state index contributed by atoms with van der Waals surface area (Å²) in [6, 6.07) is 9.05. The van der Waals surface area contributed by atoms with Crippen LogP contribution in [0, 0.1) is 0 Å². The normalized spacial score (nSPS) is 19.0. The first-order valence-electron chi connectivity index (χ1n) is 8.48. The smallest absolute Gasteiger partial charge is 0.293 e. The van der Waals surface area contributed by atoms with Crippen LogP contribution in [-0.4, -0.2) is 31.3 Å². The summed E-state index contributed by atoms with van der Waals surface area (Å²) in [7, 11) is 0. The maximum Gasteiger partial charge on any atom is 0.293 e. The monoisotopic (exact) mass is 321 g/mol. The number of aryl methyl sites for hydroxylation is 1. The molecule has 3 rings (SSSR count). The third-order valence-corrected chi connectivity index (χ3v) is 3.53. The van der Waals surface area contributed by atoms with E-state index in [0.717, 1.165) is 24.8 Å². The Bertz CT molecular complexity index is 423. The van der Waals surface area contributed by atoms with Crippen LogP contribution < -0.4 is 10.1 Å². The average molecular weight is 321 g/mol. The SMILES string of the molecule is CC(C)(C)OC=O.CC1CCCN1.c1ccc2c(c1)CCCO2. The molecule has 0 aromatic heterocycles. The Morgan fingerprint density at radius 3 is 2.43 bits per heavy atom. The molecular formula is C19H31NO3. The Morgan fingerprint density at radius 1 is 1.26 bits per heavy atom. The number of rotatable bonds is 1. The van der Waals surface area contributed by atoms with Crippen LogP contribution in [0.15, 0.2) is 24.3 Å². The molecule has 2 aliphatic rings. The largest absolute Gasteiger partial charge is 0.493 e. The summed E-state index contributed by atoms with van der Waals surface area (Å²) >= 11 is 0. The molecule has 1 atom stereocenters. The quantitative estimate of drug-likeness (QED) is 0.801. The van der Waals surface area contributed by atoms with Gasteiger partial charge in [-0.3, -0.25) is 4.79 Å². The minimum Gasteiger partial charge on any atom is -0.493 e. The zero-order valence-electron chi connectivity index (χ0n) is 14.9. The molecule has 0 radical (unpaired) electrons. The fourth-order valence-corrected chi connectivity index (χ4v) is 2.30. The first-order chi connectivity index (χ1) is 10.9. The van der Waals surface area contributed by atoms with Crippen molar-refractivity contribution >= 4 is 6.47 Å². The first kappa shape index (κ1) is 19.5. The van der Waals surface area contributed by atoms with Crippen molar-refractivity contribution in [2.45, 2.75) is 65.0 Å². The van der Waals surface area contributed by atoms with E-state index >= 15 is 0 Å². The van der Waals surface area contributed by atoms with Gasteiger partial charge in [0, 0.05) is 6.04 Å². The van der Waals surface area contributed by atoms with Gasteiger partial charge in [0.25, 0.3) is 6.47 Å². The summed E-state index contributed by atoms with van der Waals surface area (Å²) in [4.78, 5) is 9.60. The molecule has 2 heterocycles. The highest BCUT2D eigenvalue weighted by Crippen LogP contribution is 2.23. The van der Waals surface area contributed by atoms with Crippen LogP contribution in [0.2, 0.25) is 0 Å². The third-order valence-electron chi connectivity index (χ3n) is 3.53. The van der Waals surface area contributed by atoms with Crippen LogP contribution in [0.1, 0.15) is 52.5 Å². The molecule has 0 amide bonds. The minimum atomic E-state index is -0.318. The lowest BCUT2D eigenvalue weighted by Crippen LogP contribution is -2.17. The van der Waals surface area contributed by atoms with E-state index in [9.17, 15) is 4.79 Å². The number of benzene rings is 1. The van der Waals surface area contributed by atoms with Gasteiger partial charge in [-0.15, -0.1) is 0 Å². The average Bonchev–Trinajstić information content (AvgIpc) is 2.99. The van der Waals surface area contributed by atoms with Gasteiger partial charge in [-0.05, 0) is 71.6 Å². The Kier molecular flexibility index (Phi) is 8.70. The second-order valence-electron chi connectivity index (χ2n) is 6.88. The van der Waals surface area contributed by atoms with Crippen molar-refractivity contribution in [2.75, 3.05) is 13.2 Å². The van der Waals surface area contributed by atoms with Crippen LogP contribution in [0.4, 0.5) is 0 Å². The second kappa shape index (κ2) is 10.3. The predicted octanol–water partition coefficient (Wildman–Crippen LogP) is 3.73. The highest BCUT2D eigenvalue weighted by molar-refractivity contribution is 5.37. The molecule has 130 valence electrons. The third kappa shape index (κ3) is 9.24. The number of hydrogen-bond donors (Lipinski definition) is 1. The fraction of sp³-hybridized carbons (Fsp3) is 0.632. The van der Waals surface area contributed by atoms with Crippen LogP contribution in [0.3, 0.4) is 0 Å². The van der Waals surface area contributed by atoms with Gasteiger partial charge >= 0.3 is 0 Å². The fourth-order valence-electron chi connectivity index (χ4n) is 2.30. The lowest BCUT2D eigenvalue weighted by atomic mass is 10.1. The number of fused-ring (bicyclic) bond motifs is 1. The second-order valence-corrected chi connectivity index (χ2v) is 6.88. The zero-order chi connectivity index (χ0) is 17.1. The van der Waals surface area contributed by atoms with Crippen molar-refractivity contribution in [1.82, 2.24) is 5.32 Å². The summed E-state index contributed by atoms with van der Waals surface area (Å²) in [5.41, 5.74) is 1.04. The first-order valence-corrected chi connectivity index (χ1v) is 8.48. The number of carbonyl (C=O) groups excluding carboxylic acids is 1. The molecule has 0 bridgehead atoms. The van der Waals surface area contributed by atoms with Gasteiger partial charge in [-0.2, -0.15) is 0 Å². The number of carbonyl (C=O) groups is 1. The molecule has 1 N–H and O–H groups in total. The summed E-state index contributed by atoms with van der Waals surface area (Å²) < 4.78 is 9.97. The molecule has 4 nitrogen and oxygen atoms in total. The van der Waals surface area contributed by atoms with Gasteiger partial charge in [0.2, 0.25) is 0 Å². The van der Waals surface area contributed by atoms with Crippen molar-refractivity contribution in [2.24, 2.45) is 0 Å². The highest BCUT2D eigenvalue weighted by atomic mass is 16.5. The molecule has 0 saturated carbocycles. The van der Waals surface area contributed by atoms with Gasteiger partial charge < -0.3 is 14.8 Å². The number of hydrogen-bond acceptors (Lipinski definition) is 4. The highest BCUT2D eigenvalue weighted by Gasteiger charge is 2.08. The van der Waals surface area contributed by atoms with E-state index in [2.05, 4.69) is 29.1 Å². The molecular weight excluding hydrogens is 290 g/mol. The van der Waals surface area contributed by atoms with Gasteiger partial charge in [0.15, 0.2) is 0 Å². The van der Waals surface area contributed by atoms with Gasteiger partial charge in [-0.25, -0.2) is 0 Å². The molecule has 0 spiro atoms. The van der Waals surface area contributed by atoms with Crippen molar-refractivity contribution in [3.63, 3.8) is 0 Å². The van der Waals surface area contributed by atoms with Crippen LogP contribution in [0.5, 0.6) is 5.75 Å². The van der Waals surface area contributed by atoms with Crippen LogP contribution in [-0.2, 0) is 16.0 Å². The van der Waals surface area contributed by atoms with E-state index in [-0.39, 0.29) is 5.60 Å². The Labute approximate surface area is 140 Å². The van der Waals surface area contributed by atoms with Crippen molar-refractivity contribution < 1.29 is 14.3 Å². The Morgan fingerprint density at radius 2 is 2.00 bits per heavy atom. The number of para-hydroxylation sites is 1. The minimum absolute atomic E-state index is 0.318. The Hall–Kier alpha value is -1.55. The molecule has 1 aromatic carbocycles. The molecule has 1 aromatic rings. The van der Waals surface area contributed by atoms with E-state index in [4.69, 9.17) is 4.74 Å². The van der Waals surface area contributed by atoms with E-state index < -0.39 is 0 Å². The molecule has 1 fully saturated rings. The molecule has 4 heteroatoms. The molecule has 2 aliphatic heterocycles. The zero-order valence-corrected chi connectivity index (χ0v) is 14.9. The van der Waals surface area contributed by atoms with E-state index in [1.54, 1.807) is 0 Å². The summed E-state index contributed by atoms with van der Waals surface area (Å²) in [6.07, 6.45) is 5.09. The van der Waals surface area contributed by atoms with Crippen molar-refractivity contribution in [3.8, 4) is 5.75 Å². The van der Waals surface area contributed by atoms with Gasteiger partial charge in [0.1, 0.15) is 11.4 Å². The summed E-state index contributed by atoms with van der Waals surface area (Å²) in [5, 5.41) is 3.32. The topological polar surface area (TPSA) is 47.6 Å². The summed E-state index contributed by atoms with van der Waals surface area (Å²) in [6.45, 7) is 10.3. The van der Waals surface area contributed by atoms with Gasteiger partial charge in [-0.1, -0.05) is 18.2 Å². The van der Waals surface area contributed by atoms with Crippen molar-refractivity contribution in [3.05, 3.63) is 29.8 Å². The van der Waals surface area contributed by atoms with E-state index in [0.29, 0.717) is 6.47 Å². The maximum atomic E-state index is 9.60. The van der Waals surface area contributed by atoms with E-state index in [1.165, 1.54) is 31.4 Å². The maximum absolute atomic E-state index is 9.60. The summed E-state index contributed by atoms with van der Waals surface area (Å²) in [5.74, 6) is 1.08. The van der Waals surface area contributed by atoms with Crippen molar-refractivity contribution in [1.29, 1.82) is 0 Å². The lowest BCUT2D eigenvalue weighted by molar-refractivity contribution is -0.138. The lowest BCUT2D eigenvalue weighted by Gasteiger charge is -2.15. The predicted molar refractivity (Wildman–Crippen MR) is 93.9 cm³/mol. The molecule has 1 unspecified atom stereocenters. The molecule has 23 heavy (non-hydrogen) atoms. The van der Waals surface area contributed by atoms with Crippen LogP contribution in [0.25, 0.3) is 0 Å². The standard InChI is InChI=1S/C9H10O.C5H11N.C5H10O2/c1-2-6-9-8(4-1)5-3-7-10-9;1-5-3-2-4-6-5;1-5(2,3)7-4-6/h1-2,4,6H,3,5,7H2;5-6H,2-4H2,1H3;4H,1-3H3. The van der Waals surface area contributed by atoms with Crippen LogP contribution >= 0.6 is 0 Å². The number of ether oxygens (including phenoxy) is 2. The van der Waals surface area contributed by atoms with Gasteiger partial charge in [0.05, 0.1) is 6.61 Å².